The number of nitrogens with zero attached hydrogens (tertiary/aromatic N) is 2. The number of para-hydroxylation sites is 1. The molecule has 1 spiro atoms. The first-order chi connectivity index (χ1) is 26.8. The van der Waals surface area contributed by atoms with Crippen LogP contribution < -0.4 is 4.74 Å². The number of hydrogen-bond acceptors (Lipinski definition) is 3. The summed E-state index contributed by atoms with van der Waals surface area (Å²) in [7, 11) is 0. The number of benzene rings is 6. The lowest BCUT2D eigenvalue weighted by atomic mass is 9.61. The van der Waals surface area contributed by atoms with Crippen LogP contribution in [-0.4, -0.2) is 16.1 Å². The van der Waals surface area contributed by atoms with Gasteiger partial charge in [-0.3, -0.25) is 0 Å². The summed E-state index contributed by atoms with van der Waals surface area (Å²) in [5, 5.41) is 1.04. The third-order valence-corrected chi connectivity index (χ3v) is 11.8. The minimum Gasteiger partial charge on any atom is -0.485 e. The van der Waals surface area contributed by atoms with E-state index in [-0.39, 0.29) is 11.5 Å². The van der Waals surface area contributed by atoms with E-state index < -0.39 is 0 Å². The average molecular weight is 693 g/mol. The highest BCUT2D eigenvalue weighted by Gasteiger charge is 2.54. The minimum atomic E-state index is -0.332. The molecule has 3 aliphatic carbocycles. The molecule has 2 heterocycles. The molecule has 0 radical (unpaired) electrons. The van der Waals surface area contributed by atoms with Crippen LogP contribution in [0.25, 0.3) is 61.4 Å². The van der Waals surface area contributed by atoms with Gasteiger partial charge in [0, 0.05) is 28.5 Å². The van der Waals surface area contributed by atoms with Crippen LogP contribution in [0.5, 0.6) is 5.75 Å². The minimum absolute atomic E-state index is 0.0273. The summed E-state index contributed by atoms with van der Waals surface area (Å²) in [6.45, 7) is 0. The van der Waals surface area contributed by atoms with E-state index in [1.54, 1.807) is 0 Å². The molecule has 7 aromatic rings. The van der Waals surface area contributed by atoms with Crippen molar-refractivity contribution >= 4 is 16.5 Å². The first kappa shape index (κ1) is 31.0. The Morgan fingerprint density at radius 2 is 1.33 bits per heavy atom. The maximum Gasteiger partial charge on any atom is 0.160 e. The smallest absolute Gasteiger partial charge is 0.160 e. The van der Waals surface area contributed by atoms with E-state index in [1.807, 2.05) is 24.3 Å². The zero-order valence-electron chi connectivity index (χ0n) is 29.7. The monoisotopic (exact) mass is 692 g/mol. The maximum absolute atomic E-state index is 6.82. The van der Waals surface area contributed by atoms with Crippen molar-refractivity contribution in [2.75, 3.05) is 0 Å². The molecule has 3 heteroatoms. The second-order valence-electron chi connectivity index (χ2n) is 14.7. The third kappa shape index (κ3) is 4.68. The summed E-state index contributed by atoms with van der Waals surface area (Å²) in [5.41, 5.74) is 16.6. The van der Waals surface area contributed by atoms with Crippen LogP contribution in [0.1, 0.15) is 36.0 Å². The van der Waals surface area contributed by atoms with E-state index in [0.717, 1.165) is 69.7 Å². The van der Waals surface area contributed by atoms with Crippen molar-refractivity contribution in [1.82, 2.24) is 9.97 Å². The zero-order valence-corrected chi connectivity index (χ0v) is 29.7. The number of aromatic nitrogens is 2. The van der Waals surface area contributed by atoms with Crippen LogP contribution in [0.15, 0.2) is 187 Å². The number of ether oxygens (including phenoxy) is 1. The fourth-order valence-corrected chi connectivity index (χ4v) is 9.37. The number of hydrogen-bond donors (Lipinski definition) is 0. The molecule has 1 aromatic heterocycles. The summed E-state index contributed by atoms with van der Waals surface area (Å²) in [5.74, 6) is 1.73. The second-order valence-corrected chi connectivity index (χ2v) is 14.7. The molecule has 0 saturated heterocycles. The highest BCUT2D eigenvalue weighted by atomic mass is 16.5. The second kappa shape index (κ2) is 12.2. The predicted molar refractivity (Wildman–Crippen MR) is 220 cm³/mol. The molecule has 0 bridgehead atoms. The van der Waals surface area contributed by atoms with Gasteiger partial charge in [-0.25, -0.2) is 9.97 Å². The predicted octanol–water partition coefficient (Wildman–Crippen LogP) is 12.3. The van der Waals surface area contributed by atoms with Gasteiger partial charge < -0.3 is 4.74 Å². The molecule has 2 unspecified atom stereocenters. The van der Waals surface area contributed by atoms with Crippen LogP contribution in [-0.2, 0) is 5.41 Å². The van der Waals surface area contributed by atoms with Gasteiger partial charge in [0.1, 0.15) is 11.9 Å². The first-order valence-corrected chi connectivity index (χ1v) is 19.0. The van der Waals surface area contributed by atoms with Crippen molar-refractivity contribution in [1.29, 1.82) is 0 Å². The van der Waals surface area contributed by atoms with Gasteiger partial charge in [-0.05, 0) is 87.2 Å². The summed E-state index contributed by atoms with van der Waals surface area (Å²) < 4.78 is 6.82. The molecule has 6 aromatic carbocycles. The number of fused-ring (bicyclic) bond motifs is 9. The first-order valence-electron chi connectivity index (χ1n) is 19.0. The largest absolute Gasteiger partial charge is 0.485 e. The van der Waals surface area contributed by atoms with Crippen LogP contribution in [0.2, 0.25) is 0 Å². The Morgan fingerprint density at radius 1 is 0.593 bits per heavy atom. The van der Waals surface area contributed by atoms with Crippen molar-refractivity contribution < 1.29 is 4.74 Å². The highest BCUT2D eigenvalue weighted by molar-refractivity contribution is 5.95. The van der Waals surface area contributed by atoms with Crippen molar-refractivity contribution in [3.05, 3.63) is 204 Å². The molecule has 0 N–H and O–H groups in total. The van der Waals surface area contributed by atoms with E-state index in [9.17, 15) is 0 Å². The third-order valence-electron chi connectivity index (χ3n) is 11.8. The van der Waals surface area contributed by atoms with E-state index in [2.05, 4.69) is 152 Å². The van der Waals surface area contributed by atoms with E-state index >= 15 is 0 Å². The standard InChI is InChI=1S/C51H36N2O/c1-2-13-35(14-3-1)50-52-46-23-10-6-19-41(46)49(53-50)38-16-12-15-36(31-38)33-25-27-34(28-26-33)37-29-30-48-45(32-37)51(44-22-9-11-24-47(44)54-48)42-20-7-4-17-39(42)40-18-5-8-21-43(40)51/h1-7,9-20,22-23,25-32,47H,8,21,24H2. The number of allylic oxidation sites excluding steroid dienone is 6. The molecular formula is C51H36N2O. The molecule has 2 atom stereocenters. The fourth-order valence-electron chi connectivity index (χ4n) is 9.37. The lowest BCUT2D eigenvalue weighted by Gasteiger charge is -2.46. The molecule has 4 aliphatic rings. The molecular weight excluding hydrogens is 657 g/mol. The Bertz CT molecular complexity index is 2770. The Hall–Kier alpha value is -6.58. The molecule has 256 valence electrons. The topological polar surface area (TPSA) is 35.0 Å². The van der Waals surface area contributed by atoms with Gasteiger partial charge in [0.05, 0.1) is 16.6 Å². The van der Waals surface area contributed by atoms with Crippen molar-refractivity contribution in [3.8, 4) is 50.6 Å². The van der Waals surface area contributed by atoms with Gasteiger partial charge in [-0.2, -0.15) is 0 Å². The van der Waals surface area contributed by atoms with E-state index in [0.29, 0.717) is 0 Å². The summed E-state index contributed by atoms with van der Waals surface area (Å²) in [6.07, 6.45) is 14.5. The summed E-state index contributed by atoms with van der Waals surface area (Å²) in [4.78, 5) is 10.0. The van der Waals surface area contributed by atoms with Crippen molar-refractivity contribution in [2.24, 2.45) is 0 Å². The van der Waals surface area contributed by atoms with Crippen LogP contribution >= 0.6 is 0 Å². The molecule has 1 aliphatic heterocycles. The highest BCUT2D eigenvalue weighted by Crippen LogP contribution is 2.62. The molecule has 0 amide bonds. The molecule has 54 heavy (non-hydrogen) atoms. The van der Waals surface area contributed by atoms with Crippen LogP contribution in [0, 0.1) is 0 Å². The maximum atomic E-state index is 6.82. The number of rotatable bonds is 4. The van der Waals surface area contributed by atoms with Gasteiger partial charge in [0.15, 0.2) is 5.82 Å². The van der Waals surface area contributed by atoms with Crippen molar-refractivity contribution in [2.45, 2.75) is 30.8 Å². The van der Waals surface area contributed by atoms with Gasteiger partial charge in [-0.15, -0.1) is 0 Å². The Balaban J connectivity index is 0.995. The van der Waals surface area contributed by atoms with Gasteiger partial charge in [0.25, 0.3) is 0 Å². The normalized spacial score (nSPS) is 19.2. The Kier molecular flexibility index (Phi) is 7.03. The molecule has 0 fully saturated rings. The summed E-state index contributed by atoms with van der Waals surface area (Å²) in [6, 6.07) is 52.2. The Morgan fingerprint density at radius 3 is 2.22 bits per heavy atom. The zero-order chi connectivity index (χ0) is 35.6. The fraction of sp³-hybridized carbons (Fsp3) is 0.0980. The van der Waals surface area contributed by atoms with Crippen molar-refractivity contribution in [3.63, 3.8) is 0 Å². The van der Waals surface area contributed by atoms with Gasteiger partial charge in [0.2, 0.25) is 0 Å². The molecule has 11 rings (SSSR count). The van der Waals surface area contributed by atoms with Crippen LogP contribution in [0.3, 0.4) is 0 Å². The van der Waals surface area contributed by atoms with E-state index in [1.165, 1.54) is 44.5 Å². The Labute approximate surface area is 315 Å². The quantitative estimate of drug-likeness (QED) is 0.184. The lowest BCUT2D eigenvalue weighted by Crippen LogP contribution is -2.43. The lowest BCUT2D eigenvalue weighted by molar-refractivity contribution is 0.203. The van der Waals surface area contributed by atoms with E-state index in [4.69, 9.17) is 14.7 Å². The average Bonchev–Trinajstić information content (AvgIpc) is 3.54. The molecule has 3 nitrogen and oxygen atoms in total. The summed E-state index contributed by atoms with van der Waals surface area (Å²) >= 11 is 0. The van der Waals surface area contributed by atoms with Gasteiger partial charge in [-0.1, -0.05) is 152 Å². The SMILES string of the molecule is C1=CCC2Oc3ccc(-c4ccc(-c5cccc(-c6nc(-c7ccccc7)nc7ccccc67)c5)cc4)cc3C3(C2=C1)C1=C(C=CCC1)c1ccccc13. The van der Waals surface area contributed by atoms with Crippen LogP contribution in [0.4, 0.5) is 0 Å². The molecule has 0 saturated carbocycles. The van der Waals surface area contributed by atoms with Gasteiger partial charge >= 0.3 is 0 Å².